The molecule has 0 fully saturated rings. The van der Waals surface area contributed by atoms with Crippen LogP contribution in [0.2, 0.25) is 0 Å². The molecule has 0 radical (unpaired) electrons. The summed E-state index contributed by atoms with van der Waals surface area (Å²) in [6, 6.07) is 17.8. The van der Waals surface area contributed by atoms with Gasteiger partial charge in [0.2, 0.25) is 5.78 Å². The van der Waals surface area contributed by atoms with Crippen LogP contribution in [0, 0.1) is 20.8 Å². The number of nitrogen functional groups attached to an aromatic ring is 1. The van der Waals surface area contributed by atoms with E-state index in [0.29, 0.717) is 16.1 Å². The van der Waals surface area contributed by atoms with Crippen LogP contribution in [-0.4, -0.2) is 10.8 Å². The summed E-state index contributed by atoms with van der Waals surface area (Å²) >= 11 is 1.38. The number of rotatable bonds is 3. The van der Waals surface area contributed by atoms with E-state index in [0.717, 1.165) is 38.2 Å². The molecule has 0 saturated carbocycles. The molecule has 2 N–H and O–H groups in total. The number of thiophene rings is 1. The van der Waals surface area contributed by atoms with Gasteiger partial charge in [0, 0.05) is 16.6 Å². The fraction of sp³-hybridized carbons (Fsp3) is 0.130. The lowest BCUT2D eigenvalue weighted by Crippen LogP contribution is -2.02. The number of hydrogen-bond acceptors (Lipinski definition) is 4. The number of fused-ring (bicyclic) bond motifs is 1. The average Bonchev–Trinajstić information content (AvgIpc) is 3.02. The summed E-state index contributed by atoms with van der Waals surface area (Å²) in [5.74, 6) is -0.0511. The third-order valence-corrected chi connectivity index (χ3v) is 6.23. The van der Waals surface area contributed by atoms with Gasteiger partial charge in [-0.05, 0) is 43.0 Å². The van der Waals surface area contributed by atoms with Gasteiger partial charge < -0.3 is 5.73 Å². The highest BCUT2D eigenvalue weighted by Crippen LogP contribution is 2.37. The van der Waals surface area contributed by atoms with E-state index in [4.69, 9.17) is 5.73 Å². The summed E-state index contributed by atoms with van der Waals surface area (Å²) in [7, 11) is 0. The van der Waals surface area contributed by atoms with Gasteiger partial charge in [-0.1, -0.05) is 54.6 Å². The molecule has 2 aromatic carbocycles. The standard InChI is InChI=1S/C23H20N2OS/c1-13-14(2)19-20(24)22(27-23(19)25-15(13)3)21(26)18-11-9-17(10-12-18)16-7-5-4-6-8-16/h4-12H,24H2,1-3H3. The van der Waals surface area contributed by atoms with E-state index >= 15 is 0 Å². The Morgan fingerprint density at radius 1 is 0.889 bits per heavy atom. The molecule has 2 heterocycles. The van der Waals surface area contributed by atoms with Gasteiger partial charge in [-0.3, -0.25) is 4.79 Å². The van der Waals surface area contributed by atoms with Gasteiger partial charge in [0.05, 0.1) is 5.69 Å². The second-order valence-electron chi connectivity index (χ2n) is 6.74. The molecule has 0 atom stereocenters. The number of nitrogens with two attached hydrogens (primary N) is 1. The molecule has 4 heteroatoms. The van der Waals surface area contributed by atoms with Gasteiger partial charge in [0.25, 0.3) is 0 Å². The molecule has 0 saturated heterocycles. The summed E-state index contributed by atoms with van der Waals surface area (Å²) in [6.45, 7) is 6.07. The monoisotopic (exact) mass is 372 g/mol. The van der Waals surface area contributed by atoms with Crippen molar-refractivity contribution in [3.63, 3.8) is 0 Å². The van der Waals surface area contributed by atoms with Crippen LogP contribution in [0.25, 0.3) is 21.3 Å². The summed E-state index contributed by atoms with van der Waals surface area (Å²) in [4.78, 5) is 19.1. The number of ketones is 1. The minimum Gasteiger partial charge on any atom is -0.397 e. The summed E-state index contributed by atoms with van der Waals surface area (Å²) in [6.07, 6.45) is 0. The molecule has 4 rings (SSSR count). The number of carbonyl (C=O) groups excluding carboxylic acids is 1. The lowest BCUT2D eigenvalue weighted by molar-refractivity contribution is 0.104. The smallest absolute Gasteiger partial charge is 0.205 e. The molecule has 2 aromatic heterocycles. The van der Waals surface area contributed by atoms with Crippen molar-refractivity contribution in [3.8, 4) is 11.1 Å². The van der Waals surface area contributed by atoms with E-state index in [1.54, 1.807) is 0 Å². The highest BCUT2D eigenvalue weighted by molar-refractivity contribution is 7.21. The zero-order valence-corrected chi connectivity index (χ0v) is 16.4. The zero-order valence-electron chi connectivity index (χ0n) is 15.5. The predicted molar refractivity (Wildman–Crippen MR) is 114 cm³/mol. The normalized spacial score (nSPS) is 11.1. The first-order valence-corrected chi connectivity index (χ1v) is 9.65. The molecule has 4 aromatic rings. The maximum atomic E-state index is 13.1. The minimum atomic E-state index is -0.0511. The Morgan fingerprint density at radius 2 is 1.52 bits per heavy atom. The molecular weight excluding hydrogens is 352 g/mol. The molecule has 0 aliphatic heterocycles. The van der Waals surface area contributed by atoms with Crippen molar-refractivity contribution in [2.75, 3.05) is 5.73 Å². The van der Waals surface area contributed by atoms with Crippen LogP contribution >= 0.6 is 11.3 Å². The van der Waals surface area contributed by atoms with Crippen molar-refractivity contribution in [2.24, 2.45) is 0 Å². The minimum absolute atomic E-state index is 0.0511. The highest BCUT2D eigenvalue weighted by atomic mass is 32.1. The molecular formula is C23H20N2OS. The van der Waals surface area contributed by atoms with Gasteiger partial charge in [0.1, 0.15) is 9.71 Å². The van der Waals surface area contributed by atoms with Crippen LogP contribution in [0.5, 0.6) is 0 Å². The van der Waals surface area contributed by atoms with Crippen molar-refractivity contribution < 1.29 is 4.79 Å². The van der Waals surface area contributed by atoms with Gasteiger partial charge in [-0.25, -0.2) is 4.98 Å². The first-order chi connectivity index (χ1) is 13.0. The van der Waals surface area contributed by atoms with E-state index in [2.05, 4.69) is 17.1 Å². The molecule has 134 valence electrons. The highest BCUT2D eigenvalue weighted by Gasteiger charge is 2.21. The lowest BCUT2D eigenvalue weighted by atomic mass is 10.0. The second kappa shape index (κ2) is 6.63. The largest absolute Gasteiger partial charge is 0.397 e. The third kappa shape index (κ3) is 2.92. The number of carbonyl (C=O) groups is 1. The van der Waals surface area contributed by atoms with Crippen molar-refractivity contribution in [1.29, 1.82) is 0 Å². The first kappa shape index (κ1) is 17.4. The number of nitrogens with zero attached hydrogens (tertiary/aromatic N) is 1. The fourth-order valence-corrected chi connectivity index (χ4v) is 4.48. The molecule has 0 aliphatic rings. The van der Waals surface area contributed by atoms with E-state index in [-0.39, 0.29) is 5.78 Å². The fourth-order valence-electron chi connectivity index (χ4n) is 3.31. The molecule has 0 unspecified atom stereocenters. The van der Waals surface area contributed by atoms with Crippen LogP contribution < -0.4 is 5.73 Å². The van der Waals surface area contributed by atoms with Crippen molar-refractivity contribution in [2.45, 2.75) is 20.8 Å². The Balaban J connectivity index is 1.75. The Hall–Kier alpha value is -2.98. The van der Waals surface area contributed by atoms with Crippen molar-refractivity contribution in [1.82, 2.24) is 4.98 Å². The Kier molecular flexibility index (Phi) is 4.28. The number of pyridine rings is 1. The van der Waals surface area contributed by atoms with E-state index in [1.807, 2.05) is 63.2 Å². The maximum absolute atomic E-state index is 13.1. The van der Waals surface area contributed by atoms with Crippen LogP contribution in [0.4, 0.5) is 5.69 Å². The lowest BCUT2D eigenvalue weighted by Gasteiger charge is -2.06. The third-order valence-electron chi connectivity index (χ3n) is 5.14. The number of hydrogen-bond donors (Lipinski definition) is 1. The van der Waals surface area contributed by atoms with Gasteiger partial charge in [-0.2, -0.15) is 0 Å². The van der Waals surface area contributed by atoms with Gasteiger partial charge in [-0.15, -0.1) is 11.3 Å². The van der Waals surface area contributed by atoms with Gasteiger partial charge >= 0.3 is 0 Å². The molecule has 27 heavy (non-hydrogen) atoms. The van der Waals surface area contributed by atoms with Gasteiger partial charge in [0.15, 0.2) is 0 Å². The molecule has 0 spiro atoms. The molecule has 0 amide bonds. The maximum Gasteiger partial charge on any atom is 0.205 e. The Labute approximate surface area is 162 Å². The zero-order chi connectivity index (χ0) is 19.1. The number of aryl methyl sites for hydroxylation is 2. The van der Waals surface area contributed by atoms with E-state index < -0.39 is 0 Å². The van der Waals surface area contributed by atoms with E-state index in [1.165, 1.54) is 11.3 Å². The average molecular weight is 372 g/mol. The van der Waals surface area contributed by atoms with Crippen molar-refractivity contribution in [3.05, 3.63) is 81.9 Å². The molecule has 3 nitrogen and oxygen atoms in total. The van der Waals surface area contributed by atoms with Crippen molar-refractivity contribution >= 4 is 33.0 Å². The quantitative estimate of drug-likeness (QED) is 0.469. The topological polar surface area (TPSA) is 56.0 Å². The molecule has 0 aliphatic carbocycles. The number of aromatic nitrogens is 1. The first-order valence-electron chi connectivity index (χ1n) is 8.83. The second-order valence-corrected chi connectivity index (χ2v) is 7.74. The molecule has 0 bridgehead atoms. The SMILES string of the molecule is Cc1nc2sc(C(=O)c3ccc(-c4ccccc4)cc3)c(N)c2c(C)c1C. The van der Waals surface area contributed by atoms with Crippen LogP contribution in [0.3, 0.4) is 0 Å². The summed E-state index contributed by atoms with van der Waals surface area (Å²) < 4.78 is 0. The van der Waals surface area contributed by atoms with Crippen LogP contribution in [0.15, 0.2) is 54.6 Å². The van der Waals surface area contributed by atoms with E-state index in [9.17, 15) is 4.79 Å². The van der Waals surface area contributed by atoms with Crippen LogP contribution in [0.1, 0.15) is 32.1 Å². The Bertz CT molecular complexity index is 1160. The summed E-state index contributed by atoms with van der Waals surface area (Å²) in [5.41, 5.74) is 13.0. The Morgan fingerprint density at radius 3 is 2.19 bits per heavy atom. The number of benzene rings is 2. The number of anilines is 1. The van der Waals surface area contributed by atoms with Crippen LogP contribution in [-0.2, 0) is 0 Å². The predicted octanol–water partition coefficient (Wildman–Crippen LogP) is 5.70. The summed E-state index contributed by atoms with van der Waals surface area (Å²) in [5, 5.41) is 0.910.